The molecule has 44 nitrogen and oxygen atoms in total. The number of H-pyrrole nitrogens is 4. The van der Waals surface area contributed by atoms with Crippen molar-refractivity contribution < 1.29 is 158 Å². The summed E-state index contributed by atoms with van der Waals surface area (Å²) in [5.74, 6) is -5.89. The number of nitrogens with one attached hydrogen (secondary N) is 4. The fraction of sp³-hybridized carbons (Fsp3) is 0.400. The molecular formula is C80H80F4N8O36P4. The van der Waals surface area contributed by atoms with Crippen molar-refractivity contribution in [3.05, 3.63) is 246 Å². The van der Waals surface area contributed by atoms with Gasteiger partial charge in [-0.2, -0.15) is 0 Å². The monoisotopic (exact) mass is 1930 g/mol. The molecule has 0 bridgehead atoms. The summed E-state index contributed by atoms with van der Waals surface area (Å²) in [5.41, 5.74) is -2.19. The van der Waals surface area contributed by atoms with Gasteiger partial charge in [0.05, 0.1) is 34.7 Å². The number of phosphoric ester groups is 4. The minimum atomic E-state index is -4.88. The second-order valence-electron chi connectivity index (χ2n) is 30.2. The van der Waals surface area contributed by atoms with E-state index < -0.39 is 211 Å². The van der Waals surface area contributed by atoms with Gasteiger partial charge in [-0.25, -0.2) is 55.0 Å². The number of aliphatic hydroxyl groups excluding tert-OH is 8. The third-order valence-electron chi connectivity index (χ3n) is 20.3. The van der Waals surface area contributed by atoms with Crippen LogP contribution in [0.5, 0.6) is 23.0 Å². The molecule has 12 heterocycles. The number of halogens is 4. The molecule has 4 unspecified atom stereocenters. The van der Waals surface area contributed by atoms with Crippen LogP contribution in [-0.2, 0) is 99.8 Å². The number of aromatic nitrogens is 8. The van der Waals surface area contributed by atoms with E-state index in [9.17, 15) is 97.5 Å². The Labute approximate surface area is 748 Å². The number of hydrogen-bond acceptors (Lipinski definition) is 36. The number of rotatable bonds is 16. The number of ether oxygens (including phenoxy) is 4. The summed E-state index contributed by atoms with van der Waals surface area (Å²) in [6.45, 7) is 2.99. The van der Waals surface area contributed by atoms with Crippen molar-refractivity contribution in [1.82, 2.24) is 38.2 Å². The summed E-state index contributed by atoms with van der Waals surface area (Å²) in [4.78, 5) is 103. The number of alkyl halides is 4. The van der Waals surface area contributed by atoms with Gasteiger partial charge in [-0.15, -0.1) is 25.7 Å². The second-order valence-corrected chi connectivity index (χ2v) is 36.4. The van der Waals surface area contributed by atoms with E-state index in [1.54, 1.807) is 88.1 Å². The van der Waals surface area contributed by atoms with Gasteiger partial charge in [0.15, 0.2) is 24.9 Å². The van der Waals surface area contributed by atoms with E-state index in [-0.39, 0.29) is 65.1 Å². The van der Waals surface area contributed by atoms with E-state index in [0.717, 1.165) is 34.6 Å². The first kappa shape index (κ1) is 90.1. The summed E-state index contributed by atoms with van der Waals surface area (Å²) in [6.07, 6.45) is -5.78. The molecule has 4 fully saturated rings. The number of benzene rings is 4. The maximum atomic E-state index is 15.9. The van der Waals surface area contributed by atoms with Gasteiger partial charge in [-0.1, -0.05) is 94.5 Å². The molecule has 0 saturated carbocycles. The highest BCUT2D eigenvalue weighted by Gasteiger charge is 2.62. The molecule has 8 aliphatic heterocycles. The third-order valence-corrected chi connectivity index (χ3v) is 25.2. The zero-order chi connectivity index (χ0) is 102. The maximum absolute atomic E-state index is 15.9. The molecule has 0 amide bonds. The highest BCUT2D eigenvalue weighted by Crippen LogP contribution is 2.61. The molecule has 0 spiro atoms. The molecule has 20 atom stereocenters. The van der Waals surface area contributed by atoms with Crippen LogP contribution >= 0.6 is 31.3 Å². The van der Waals surface area contributed by atoms with Crippen LogP contribution in [0, 0.1) is 105 Å². The van der Waals surface area contributed by atoms with Crippen LogP contribution in [0.2, 0.25) is 0 Å². The third kappa shape index (κ3) is 19.8. The van der Waals surface area contributed by atoms with Crippen molar-refractivity contribution >= 4 is 31.3 Å². The van der Waals surface area contributed by atoms with E-state index in [4.69, 9.17) is 107 Å². The predicted molar refractivity (Wildman–Crippen MR) is 440 cm³/mol. The van der Waals surface area contributed by atoms with Crippen molar-refractivity contribution in [3.63, 3.8) is 0 Å². The van der Waals surface area contributed by atoms with Gasteiger partial charge in [0, 0.05) is 47.0 Å². The largest absolute Gasteiger partial charge is 0.530 e. The minimum absolute atomic E-state index is 0.0586. The molecule has 704 valence electrons. The summed E-state index contributed by atoms with van der Waals surface area (Å²) >= 11 is 0. The van der Waals surface area contributed by atoms with Gasteiger partial charge in [0.1, 0.15) is 120 Å². The molecule has 8 aromatic rings. The van der Waals surface area contributed by atoms with Gasteiger partial charge < -0.3 is 77.9 Å². The Bertz CT molecular complexity index is 7220. The van der Waals surface area contributed by atoms with Crippen molar-refractivity contribution in [2.75, 3.05) is 26.3 Å². The molecule has 132 heavy (non-hydrogen) atoms. The van der Waals surface area contributed by atoms with Crippen LogP contribution in [-0.4, -0.2) is 178 Å². The lowest BCUT2D eigenvalue weighted by Crippen LogP contribution is -2.43. The summed E-state index contributed by atoms with van der Waals surface area (Å²) < 4.78 is 246. The second kappa shape index (κ2) is 37.4. The minimum Gasteiger partial charge on any atom is -0.403 e. The van der Waals surface area contributed by atoms with Crippen LogP contribution in [0.15, 0.2) is 112 Å². The molecule has 0 radical (unpaired) electrons. The van der Waals surface area contributed by atoms with Crippen LogP contribution in [0.3, 0.4) is 0 Å². The number of phosphoric acid groups is 4. The van der Waals surface area contributed by atoms with Crippen molar-refractivity contribution in [1.29, 1.82) is 0 Å². The summed E-state index contributed by atoms with van der Waals surface area (Å²) in [5, 5.41) is 82.7. The Morgan fingerprint density at radius 2 is 0.621 bits per heavy atom. The molecule has 16 rings (SSSR count). The lowest BCUT2D eigenvalue weighted by atomic mass is 10.1. The lowest BCUT2D eigenvalue weighted by molar-refractivity contribution is -0.205. The average molecular weight is 1940 g/mol. The smallest absolute Gasteiger partial charge is 0.403 e. The number of terminal acetylenes is 4. The topological polar surface area (TPSA) is 597 Å². The van der Waals surface area contributed by atoms with Crippen LogP contribution in [0.25, 0.3) is 0 Å². The fourth-order valence-electron chi connectivity index (χ4n) is 14.0. The first-order chi connectivity index (χ1) is 64.1. The van der Waals surface area contributed by atoms with Gasteiger partial charge in [0.25, 0.3) is 45.7 Å². The van der Waals surface area contributed by atoms with Crippen LogP contribution < -0.4 is 63.1 Å². The summed E-state index contributed by atoms with van der Waals surface area (Å²) in [7, 11) is -18.4. The van der Waals surface area contributed by atoms with Gasteiger partial charge in [-0.05, 0) is 77.6 Å². The zero-order valence-corrected chi connectivity index (χ0v) is 72.9. The van der Waals surface area contributed by atoms with E-state index >= 15 is 17.6 Å². The van der Waals surface area contributed by atoms with Gasteiger partial charge >= 0.3 is 54.0 Å². The summed E-state index contributed by atoms with van der Waals surface area (Å²) in [6, 6.07) is 13.8. The number of hydrogen-bond donors (Lipinski definition) is 12. The van der Waals surface area contributed by atoms with E-state index in [1.807, 2.05) is 59.4 Å². The first-order valence-corrected chi connectivity index (χ1v) is 44.0. The number of fused-ring (bicyclic) bond motifs is 4. The Morgan fingerprint density at radius 3 is 0.924 bits per heavy atom. The molecular weight excluding hydrogens is 1850 g/mol. The fourth-order valence-corrected chi connectivity index (χ4v) is 18.9. The van der Waals surface area contributed by atoms with E-state index in [1.165, 1.54) is 0 Å². The maximum Gasteiger partial charge on any atom is 0.530 e. The SMILES string of the molecule is C#Cc1cn([C@@H]2O[C@](F)(COP3(=O)OCc4cc(C)cc(C)c4O3)[C@@H](O)[C@H]2O)c(=O)[nH]c1=O.[2H]C([2H])(OP1(=O)OCc2cc(C)cc(C)c2O1)[C@@]1(F)O[C@@H](n2cc(C#C)c(=O)[nH]c2=O)[C@H](O)[C@@H]1O.[2H]C([2H])(OP1(=O)OCc2cc(C)cc(C)c2O1)[C@@]1(F)O[C@@]([2H])(n2cc(C#C)c(=O)[nH]c2=O)[C@H](O)[C@@H]1O.[2H][C@@]1(n2cc(C#C)c(=O)[nH]c2=O)O[C@](F)(COP2(=O)OCc3cc(C)cc(C)c3O2)[C@@H](O)[C@H]1O. The van der Waals surface area contributed by atoms with Crippen molar-refractivity contribution in [2.45, 2.75) is 179 Å². The highest BCUT2D eigenvalue weighted by atomic mass is 31.2. The number of aliphatic hydroxyl groups is 8. The van der Waals surface area contributed by atoms with Crippen LogP contribution in [0.1, 0.15) is 122 Å². The number of nitrogens with zero attached hydrogens (tertiary/aromatic N) is 4. The molecule has 4 aromatic heterocycles. The molecule has 12 N–H and O–H groups in total. The molecule has 52 heteroatoms. The predicted octanol–water partition coefficient (Wildman–Crippen LogP) is 3.14. The lowest BCUT2D eigenvalue weighted by Gasteiger charge is -2.29. The van der Waals surface area contributed by atoms with E-state index in [2.05, 4.69) is 0 Å². The first-order valence-electron chi connectivity index (χ1n) is 41.2. The normalized spacial score (nSPS) is 33.0. The Balaban J connectivity index is 0.000000155. The quantitative estimate of drug-likeness (QED) is 0.0375. The zero-order valence-electron chi connectivity index (χ0n) is 75.4. The number of aromatic amines is 4. The average Bonchev–Trinajstić information content (AvgIpc) is 1.56. The molecule has 4 saturated heterocycles. The van der Waals surface area contributed by atoms with Crippen molar-refractivity contribution in [3.8, 4) is 72.4 Å². The molecule has 4 aromatic carbocycles. The van der Waals surface area contributed by atoms with Crippen LogP contribution in [0.4, 0.5) is 17.6 Å². The van der Waals surface area contributed by atoms with Gasteiger partial charge in [-0.3, -0.25) is 93.6 Å². The standard InChI is InChI=1S/4C20H20FN2O9P/c4*1-4-12-7-23(19(27)22-17(12)26)18-14(24)16(25)20(21,31-18)9-30-33(28)29-8-13-6-10(2)5-11(3)15(13)32-33/h4*1,5-7,14,16,18,24-25H,8-9H2,2-3H3,(H,22,26,27)/t4*14-,16+,18-,20-,33?/m1111/s1/i9D2,18D;18D;9D2;. The van der Waals surface area contributed by atoms with Crippen molar-refractivity contribution in [2.24, 2.45) is 0 Å². The molecule has 8 aliphatic rings. The van der Waals surface area contributed by atoms with E-state index in [0.29, 0.717) is 70.6 Å². The number of aryl methyl sites for hydroxylation is 8. The van der Waals surface area contributed by atoms with Gasteiger partial charge in [0.2, 0.25) is 0 Å². The molecule has 0 aliphatic carbocycles. The Kier molecular flexibility index (Phi) is 25.5. The highest BCUT2D eigenvalue weighted by molar-refractivity contribution is 7.49. The Hall–Kier alpha value is -11.1. The Morgan fingerprint density at radius 1 is 0.386 bits per heavy atom.